The van der Waals surface area contributed by atoms with Gasteiger partial charge in [-0.05, 0) is 31.0 Å². The van der Waals surface area contributed by atoms with Crippen molar-refractivity contribution in [3.05, 3.63) is 51.7 Å². The molecule has 0 bridgehead atoms. The number of likely N-dealkylation sites (tertiary alicyclic amines) is 1. The summed E-state index contributed by atoms with van der Waals surface area (Å²) in [5.74, 6) is -0.0753. The van der Waals surface area contributed by atoms with Crippen LogP contribution in [0.1, 0.15) is 41.0 Å². The van der Waals surface area contributed by atoms with E-state index in [0.717, 1.165) is 37.3 Å². The van der Waals surface area contributed by atoms with E-state index in [0.29, 0.717) is 32.5 Å². The number of H-pyrrole nitrogens is 1. The summed E-state index contributed by atoms with van der Waals surface area (Å²) < 4.78 is 1.90. The third-order valence-corrected chi connectivity index (χ3v) is 5.24. The lowest BCUT2D eigenvalue weighted by Crippen LogP contribution is -2.40. The number of rotatable bonds is 4. The SMILES string of the molecule is O=C(CCc1cc2n(n1)CCN(C(=O)c1ccc[nH]c1=O)C2)N1CCCC1. The number of nitrogens with zero attached hydrogens (tertiary/aromatic N) is 4. The van der Waals surface area contributed by atoms with Crippen LogP contribution in [0.3, 0.4) is 0 Å². The Morgan fingerprint density at radius 1 is 1.11 bits per heavy atom. The standard InChI is InChI=1S/C19H23N5O3/c25-17(22-8-1-2-9-22)6-5-14-12-15-13-23(10-11-24(15)21-14)19(27)16-4-3-7-20-18(16)26/h3-4,7,12H,1-2,5-6,8-11,13H2,(H,20,26). The normalized spacial score (nSPS) is 16.4. The van der Waals surface area contributed by atoms with E-state index < -0.39 is 0 Å². The summed E-state index contributed by atoms with van der Waals surface area (Å²) in [6.45, 7) is 3.25. The Balaban J connectivity index is 1.40. The van der Waals surface area contributed by atoms with Crippen LogP contribution in [-0.2, 0) is 24.3 Å². The molecule has 4 rings (SSSR count). The van der Waals surface area contributed by atoms with Crippen LogP contribution in [0.5, 0.6) is 0 Å². The highest BCUT2D eigenvalue weighted by atomic mass is 16.2. The number of carbonyl (C=O) groups excluding carboxylic acids is 2. The molecule has 0 saturated carbocycles. The maximum absolute atomic E-state index is 12.6. The van der Waals surface area contributed by atoms with Crippen molar-refractivity contribution in [3.8, 4) is 0 Å². The summed E-state index contributed by atoms with van der Waals surface area (Å²) in [4.78, 5) is 42.8. The first-order valence-electron chi connectivity index (χ1n) is 9.42. The van der Waals surface area contributed by atoms with Gasteiger partial charge in [-0.25, -0.2) is 0 Å². The fourth-order valence-corrected chi connectivity index (χ4v) is 3.74. The molecule has 0 atom stereocenters. The topological polar surface area (TPSA) is 91.3 Å². The average molecular weight is 369 g/mol. The average Bonchev–Trinajstić information content (AvgIpc) is 3.35. The number of carbonyl (C=O) groups is 2. The summed E-state index contributed by atoms with van der Waals surface area (Å²) in [6, 6.07) is 5.16. The van der Waals surface area contributed by atoms with Gasteiger partial charge in [-0.2, -0.15) is 5.10 Å². The van der Waals surface area contributed by atoms with Crippen LogP contribution in [0.15, 0.2) is 29.2 Å². The van der Waals surface area contributed by atoms with Crippen molar-refractivity contribution < 1.29 is 9.59 Å². The first kappa shape index (κ1) is 17.5. The van der Waals surface area contributed by atoms with Crippen LogP contribution in [0, 0.1) is 0 Å². The van der Waals surface area contributed by atoms with Crippen LogP contribution in [0.4, 0.5) is 0 Å². The van der Waals surface area contributed by atoms with Gasteiger partial charge in [0.1, 0.15) is 5.56 Å². The third kappa shape index (κ3) is 3.65. The Labute approximate surface area is 156 Å². The molecular formula is C19H23N5O3. The van der Waals surface area contributed by atoms with Gasteiger partial charge in [-0.15, -0.1) is 0 Å². The van der Waals surface area contributed by atoms with Crippen molar-refractivity contribution in [2.24, 2.45) is 0 Å². The van der Waals surface area contributed by atoms with Gasteiger partial charge in [0, 0.05) is 38.7 Å². The molecule has 2 aromatic rings. The number of amides is 2. The predicted octanol–water partition coefficient (Wildman–Crippen LogP) is 0.782. The molecule has 1 saturated heterocycles. The molecule has 0 spiro atoms. The number of aryl methyl sites for hydroxylation is 1. The zero-order chi connectivity index (χ0) is 18.8. The Hall–Kier alpha value is -2.90. The summed E-state index contributed by atoms with van der Waals surface area (Å²) in [7, 11) is 0. The van der Waals surface area contributed by atoms with Gasteiger partial charge in [-0.1, -0.05) is 0 Å². The van der Waals surface area contributed by atoms with Crippen LogP contribution in [-0.4, -0.2) is 56.0 Å². The summed E-state index contributed by atoms with van der Waals surface area (Å²) in [6.07, 6.45) is 4.79. The van der Waals surface area contributed by atoms with Crippen molar-refractivity contribution in [2.45, 2.75) is 38.8 Å². The number of fused-ring (bicyclic) bond motifs is 1. The molecule has 4 heterocycles. The Morgan fingerprint density at radius 2 is 1.93 bits per heavy atom. The molecule has 0 unspecified atom stereocenters. The molecule has 8 heteroatoms. The smallest absolute Gasteiger partial charge is 0.260 e. The van der Waals surface area contributed by atoms with Gasteiger partial charge in [-0.3, -0.25) is 19.1 Å². The molecule has 0 radical (unpaired) electrons. The van der Waals surface area contributed by atoms with E-state index in [1.807, 2.05) is 15.6 Å². The number of hydrogen-bond acceptors (Lipinski definition) is 4. The fourth-order valence-electron chi connectivity index (χ4n) is 3.74. The second-order valence-electron chi connectivity index (χ2n) is 7.08. The lowest BCUT2D eigenvalue weighted by molar-refractivity contribution is -0.130. The largest absolute Gasteiger partial charge is 0.343 e. The minimum absolute atomic E-state index is 0.155. The highest BCUT2D eigenvalue weighted by Gasteiger charge is 2.25. The summed E-state index contributed by atoms with van der Waals surface area (Å²) in [5, 5.41) is 4.57. The van der Waals surface area contributed by atoms with Crippen molar-refractivity contribution >= 4 is 11.8 Å². The van der Waals surface area contributed by atoms with E-state index >= 15 is 0 Å². The number of hydrogen-bond donors (Lipinski definition) is 1. The quantitative estimate of drug-likeness (QED) is 0.862. The number of aromatic amines is 1. The summed E-state index contributed by atoms with van der Waals surface area (Å²) >= 11 is 0. The molecule has 2 aliphatic rings. The minimum Gasteiger partial charge on any atom is -0.343 e. The van der Waals surface area contributed by atoms with Crippen molar-refractivity contribution in [3.63, 3.8) is 0 Å². The molecule has 27 heavy (non-hydrogen) atoms. The molecule has 1 N–H and O–H groups in total. The first-order chi connectivity index (χ1) is 13.1. The molecular weight excluding hydrogens is 346 g/mol. The molecule has 1 fully saturated rings. The zero-order valence-electron chi connectivity index (χ0n) is 15.2. The molecule has 0 aromatic carbocycles. The first-order valence-corrected chi connectivity index (χ1v) is 9.42. The van der Waals surface area contributed by atoms with E-state index in [1.165, 1.54) is 6.20 Å². The highest BCUT2D eigenvalue weighted by Crippen LogP contribution is 2.17. The van der Waals surface area contributed by atoms with Crippen LogP contribution in [0.2, 0.25) is 0 Å². The molecule has 2 aliphatic heterocycles. The Bertz CT molecular complexity index is 910. The van der Waals surface area contributed by atoms with Crippen molar-refractivity contribution in [1.29, 1.82) is 0 Å². The molecule has 142 valence electrons. The number of nitrogens with one attached hydrogen (secondary N) is 1. The Morgan fingerprint density at radius 3 is 2.70 bits per heavy atom. The predicted molar refractivity (Wildman–Crippen MR) is 98.2 cm³/mol. The highest BCUT2D eigenvalue weighted by molar-refractivity contribution is 5.93. The third-order valence-electron chi connectivity index (χ3n) is 5.24. The van der Waals surface area contributed by atoms with Gasteiger partial charge in [0.2, 0.25) is 5.91 Å². The van der Waals surface area contributed by atoms with Crippen molar-refractivity contribution in [2.75, 3.05) is 19.6 Å². The molecule has 0 aliphatic carbocycles. The molecule has 2 amide bonds. The fraction of sp³-hybridized carbons (Fsp3) is 0.474. The Kier molecular flexibility index (Phi) is 4.79. The van der Waals surface area contributed by atoms with Crippen LogP contribution >= 0.6 is 0 Å². The van der Waals surface area contributed by atoms with Gasteiger partial charge >= 0.3 is 0 Å². The van der Waals surface area contributed by atoms with E-state index in [1.54, 1.807) is 17.0 Å². The summed E-state index contributed by atoms with van der Waals surface area (Å²) in [5.41, 5.74) is 1.60. The van der Waals surface area contributed by atoms with Crippen LogP contribution in [0.25, 0.3) is 0 Å². The van der Waals surface area contributed by atoms with Crippen molar-refractivity contribution in [1.82, 2.24) is 24.6 Å². The minimum atomic E-state index is -0.373. The van der Waals surface area contributed by atoms with Gasteiger partial charge in [0.05, 0.1) is 24.5 Å². The van der Waals surface area contributed by atoms with E-state index in [-0.39, 0.29) is 22.9 Å². The maximum Gasteiger partial charge on any atom is 0.260 e. The number of pyridine rings is 1. The van der Waals surface area contributed by atoms with Gasteiger partial charge in [0.15, 0.2) is 0 Å². The lowest BCUT2D eigenvalue weighted by atomic mass is 10.2. The van der Waals surface area contributed by atoms with E-state index in [2.05, 4.69) is 10.1 Å². The second-order valence-corrected chi connectivity index (χ2v) is 7.08. The lowest BCUT2D eigenvalue weighted by Gasteiger charge is -2.27. The zero-order valence-corrected chi connectivity index (χ0v) is 15.2. The molecule has 8 nitrogen and oxygen atoms in total. The van der Waals surface area contributed by atoms with E-state index in [4.69, 9.17) is 0 Å². The van der Waals surface area contributed by atoms with Crippen LogP contribution < -0.4 is 5.56 Å². The number of aromatic nitrogens is 3. The monoisotopic (exact) mass is 369 g/mol. The van der Waals surface area contributed by atoms with E-state index in [9.17, 15) is 14.4 Å². The van der Waals surface area contributed by atoms with Gasteiger partial charge in [0.25, 0.3) is 11.5 Å². The second kappa shape index (κ2) is 7.38. The molecule has 2 aromatic heterocycles. The van der Waals surface area contributed by atoms with Gasteiger partial charge < -0.3 is 14.8 Å². The maximum atomic E-state index is 12.6.